The molecule has 23 heavy (non-hydrogen) atoms. The number of nitrogens with one attached hydrogen (secondary N) is 1. The topological polar surface area (TPSA) is 65.0 Å². The molecule has 0 aliphatic carbocycles. The minimum Gasteiger partial charge on any atom is -0.382 e. The predicted molar refractivity (Wildman–Crippen MR) is 81.3 cm³/mol. The summed E-state index contributed by atoms with van der Waals surface area (Å²) in [6, 6.07) is 3.50. The van der Waals surface area contributed by atoms with Crippen molar-refractivity contribution in [1.82, 2.24) is 20.3 Å². The Bertz CT molecular complexity index is 689. The van der Waals surface area contributed by atoms with Crippen molar-refractivity contribution in [3.63, 3.8) is 0 Å². The first-order valence-electron chi connectivity index (χ1n) is 7.49. The molecular formula is C16H18F2N4O. The van der Waals surface area contributed by atoms with Gasteiger partial charge in [0.15, 0.2) is 0 Å². The molecule has 122 valence electrons. The molecule has 0 radical (unpaired) electrons. The molecule has 1 aliphatic rings. The van der Waals surface area contributed by atoms with Crippen LogP contribution >= 0.6 is 0 Å². The fourth-order valence-corrected chi connectivity index (χ4v) is 2.88. The summed E-state index contributed by atoms with van der Waals surface area (Å²) >= 11 is 0. The fourth-order valence-electron chi connectivity index (χ4n) is 2.88. The second kappa shape index (κ2) is 6.55. The predicted octanol–water partition coefficient (Wildman–Crippen LogP) is 2.08. The van der Waals surface area contributed by atoms with E-state index in [0.29, 0.717) is 30.8 Å². The molecule has 1 aliphatic heterocycles. The summed E-state index contributed by atoms with van der Waals surface area (Å²) < 4.78 is 26.4. The van der Waals surface area contributed by atoms with Crippen LogP contribution in [0, 0.1) is 11.6 Å². The summed E-state index contributed by atoms with van der Waals surface area (Å²) in [6.45, 7) is 1.85. The molecule has 0 spiro atoms. The summed E-state index contributed by atoms with van der Waals surface area (Å²) in [6.07, 6.45) is 6.44. The van der Waals surface area contributed by atoms with Crippen LogP contribution in [0.3, 0.4) is 0 Å². The number of β-amino-alcohol motifs (C(OH)–C–C–N with tert-alkyl or cyclic N) is 1. The molecule has 0 amide bonds. The monoisotopic (exact) mass is 320 g/mol. The van der Waals surface area contributed by atoms with Gasteiger partial charge in [0.1, 0.15) is 22.9 Å². The van der Waals surface area contributed by atoms with Gasteiger partial charge < -0.3 is 5.11 Å². The normalized spacial score (nSPS) is 22.7. The second-order valence-corrected chi connectivity index (χ2v) is 5.79. The van der Waals surface area contributed by atoms with Crippen molar-refractivity contribution in [2.75, 3.05) is 19.6 Å². The number of benzene rings is 1. The highest BCUT2D eigenvalue weighted by Gasteiger charge is 2.36. The van der Waals surface area contributed by atoms with Gasteiger partial charge in [0.25, 0.3) is 0 Å². The number of aromatic nitrogens is 3. The number of likely N-dealkylation sites (tertiary alicyclic amines) is 1. The zero-order valence-corrected chi connectivity index (χ0v) is 12.5. The van der Waals surface area contributed by atoms with Crippen LogP contribution in [0.4, 0.5) is 8.78 Å². The van der Waals surface area contributed by atoms with E-state index < -0.39 is 17.2 Å². The molecular weight excluding hydrogens is 302 g/mol. The van der Waals surface area contributed by atoms with E-state index in [4.69, 9.17) is 0 Å². The van der Waals surface area contributed by atoms with Gasteiger partial charge in [-0.15, -0.1) is 0 Å². The molecule has 2 N–H and O–H groups in total. The third kappa shape index (κ3) is 3.62. The van der Waals surface area contributed by atoms with Crippen molar-refractivity contribution in [2.24, 2.45) is 0 Å². The van der Waals surface area contributed by atoms with Gasteiger partial charge in [0, 0.05) is 24.7 Å². The maximum atomic E-state index is 13.6. The lowest BCUT2D eigenvalue weighted by Crippen LogP contribution is -2.46. The number of aliphatic hydroxyl groups is 1. The van der Waals surface area contributed by atoms with Crippen LogP contribution in [-0.2, 0) is 5.60 Å². The molecule has 0 bridgehead atoms. The lowest BCUT2D eigenvalue weighted by atomic mass is 9.90. The Morgan fingerprint density at radius 1 is 1.39 bits per heavy atom. The summed E-state index contributed by atoms with van der Waals surface area (Å²) in [7, 11) is 0. The zero-order chi connectivity index (χ0) is 16.3. The highest BCUT2D eigenvalue weighted by Crippen LogP contribution is 2.29. The van der Waals surface area contributed by atoms with E-state index in [0.717, 1.165) is 19.0 Å². The van der Waals surface area contributed by atoms with Crippen LogP contribution in [0.25, 0.3) is 6.08 Å². The Kier molecular flexibility index (Phi) is 4.49. The van der Waals surface area contributed by atoms with E-state index >= 15 is 0 Å². The van der Waals surface area contributed by atoms with Crippen LogP contribution in [0.15, 0.2) is 30.5 Å². The average Bonchev–Trinajstić information content (AvgIpc) is 3.05. The van der Waals surface area contributed by atoms with E-state index in [1.165, 1.54) is 18.3 Å². The average molecular weight is 320 g/mol. The number of hydrogen-bond donors (Lipinski definition) is 2. The molecule has 1 saturated heterocycles. The molecule has 1 aromatic carbocycles. The highest BCUT2D eigenvalue weighted by molar-refractivity contribution is 5.50. The molecule has 2 heterocycles. The highest BCUT2D eigenvalue weighted by atomic mass is 19.1. The summed E-state index contributed by atoms with van der Waals surface area (Å²) in [5.41, 5.74) is -0.133. The van der Waals surface area contributed by atoms with Crippen LogP contribution in [0.2, 0.25) is 0 Å². The van der Waals surface area contributed by atoms with Crippen LogP contribution in [-0.4, -0.2) is 45.1 Å². The molecule has 2 aromatic rings. The van der Waals surface area contributed by atoms with Gasteiger partial charge in [-0.2, -0.15) is 15.4 Å². The van der Waals surface area contributed by atoms with Gasteiger partial charge in [-0.25, -0.2) is 8.78 Å². The van der Waals surface area contributed by atoms with Gasteiger partial charge >= 0.3 is 0 Å². The van der Waals surface area contributed by atoms with Gasteiger partial charge in [-0.1, -0.05) is 12.2 Å². The van der Waals surface area contributed by atoms with Crippen molar-refractivity contribution in [1.29, 1.82) is 0 Å². The Labute approximate surface area is 132 Å². The summed E-state index contributed by atoms with van der Waals surface area (Å²) in [4.78, 5) is 2.07. The van der Waals surface area contributed by atoms with Crippen molar-refractivity contribution in [3.05, 3.63) is 53.4 Å². The maximum absolute atomic E-state index is 13.6. The number of nitrogens with zero attached hydrogens (tertiary/aromatic N) is 3. The van der Waals surface area contributed by atoms with E-state index in [-0.39, 0.29) is 0 Å². The minimum atomic E-state index is -1.01. The van der Waals surface area contributed by atoms with Crippen molar-refractivity contribution in [2.45, 2.75) is 18.4 Å². The number of halogens is 2. The number of piperidine rings is 1. The first-order chi connectivity index (χ1) is 11.1. The van der Waals surface area contributed by atoms with Crippen molar-refractivity contribution >= 4 is 6.08 Å². The van der Waals surface area contributed by atoms with Crippen molar-refractivity contribution < 1.29 is 13.9 Å². The lowest BCUT2D eigenvalue weighted by Gasteiger charge is -2.37. The molecule has 1 atom stereocenters. The smallest absolute Gasteiger partial charge is 0.133 e. The Hall–Kier alpha value is -2.12. The molecule has 1 aromatic heterocycles. The molecule has 0 saturated carbocycles. The van der Waals surface area contributed by atoms with Crippen LogP contribution < -0.4 is 0 Å². The van der Waals surface area contributed by atoms with E-state index in [2.05, 4.69) is 20.3 Å². The Morgan fingerprint density at radius 3 is 3.00 bits per heavy atom. The molecule has 5 nitrogen and oxygen atoms in total. The zero-order valence-electron chi connectivity index (χ0n) is 12.5. The summed E-state index contributed by atoms with van der Waals surface area (Å²) in [5, 5.41) is 20.9. The van der Waals surface area contributed by atoms with Gasteiger partial charge in [0.05, 0.1) is 6.20 Å². The van der Waals surface area contributed by atoms with Gasteiger partial charge in [0.2, 0.25) is 0 Å². The number of rotatable bonds is 4. The Balaban J connectivity index is 1.63. The standard InChI is InChI=1S/C16H18F2N4O/c17-13-5-4-12(14(18)9-13)3-1-7-22-8-2-6-16(23,11-22)15-10-19-21-20-15/h1,3-5,9-10,23H,2,6-8,11H2,(H,19,20,21)/b3-1+. The largest absolute Gasteiger partial charge is 0.382 e. The van der Waals surface area contributed by atoms with Gasteiger partial charge in [-0.05, 0) is 31.5 Å². The van der Waals surface area contributed by atoms with Gasteiger partial charge in [-0.3, -0.25) is 4.90 Å². The maximum Gasteiger partial charge on any atom is 0.133 e. The van der Waals surface area contributed by atoms with E-state index in [1.54, 1.807) is 6.08 Å². The first kappa shape index (κ1) is 15.8. The SMILES string of the molecule is OC1(c2cn[nH]n2)CCCN(C/C=C/c2ccc(F)cc2F)C1. The van der Waals surface area contributed by atoms with Crippen LogP contribution in [0.5, 0.6) is 0 Å². The quantitative estimate of drug-likeness (QED) is 0.905. The molecule has 3 rings (SSSR count). The summed E-state index contributed by atoms with van der Waals surface area (Å²) in [5.74, 6) is -1.17. The van der Waals surface area contributed by atoms with Crippen LogP contribution in [0.1, 0.15) is 24.1 Å². The molecule has 1 unspecified atom stereocenters. The second-order valence-electron chi connectivity index (χ2n) is 5.79. The first-order valence-corrected chi connectivity index (χ1v) is 7.49. The third-order valence-electron chi connectivity index (χ3n) is 4.07. The molecule has 7 heteroatoms. The lowest BCUT2D eigenvalue weighted by molar-refractivity contribution is -0.0355. The minimum absolute atomic E-state index is 0.343. The fraction of sp³-hybridized carbons (Fsp3) is 0.375. The Morgan fingerprint density at radius 2 is 2.26 bits per heavy atom. The number of H-pyrrole nitrogens is 1. The molecule has 1 fully saturated rings. The third-order valence-corrected chi connectivity index (χ3v) is 4.07. The number of aromatic amines is 1. The van der Waals surface area contributed by atoms with E-state index in [1.807, 2.05) is 6.08 Å². The van der Waals surface area contributed by atoms with Crippen molar-refractivity contribution in [3.8, 4) is 0 Å². The van der Waals surface area contributed by atoms with E-state index in [9.17, 15) is 13.9 Å². The number of hydrogen-bond acceptors (Lipinski definition) is 4.